The fourth-order valence-electron chi connectivity index (χ4n) is 3.22. The molecular weight excluding hydrogens is 342 g/mol. The fraction of sp³-hybridized carbons (Fsp3) is 0.300. The van der Waals surface area contributed by atoms with Crippen LogP contribution in [0.25, 0.3) is 5.69 Å². The number of benzene rings is 1. The van der Waals surface area contributed by atoms with Crippen molar-refractivity contribution in [2.24, 2.45) is 0 Å². The number of nitrogens with zero attached hydrogens (tertiary/aromatic N) is 2. The fourth-order valence-corrected chi connectivity index (χ4v) is 3.22. The zero-order valence-corrected chi connectivity index (χ0v) is 15.2. The third kappa shape index (κ3) is 4.10. The van der Waals surface area contributed by atoms with Gasteiger partial charge in [0.05, 0.1) is 17.9 Å². The maximum absolute atomic E-state index is 12.4. The molecular formula is C20H23N5O2. The summed E-state index contributed by atoms with van der Waals surface area (Å²) in [6.07, 6.45) is 5.22. The van der Waals surface area contributed by atoms with Crippen LogP contribution >= 0.6 is 0 Å². The van der Waals surface area contributed by atoms with Crippen LogP contribution in [0.3, 0.4) is 0 Å². The monoisotopic (exact) mass is 365 g/mol. The summed E-state index contributed by atoms with van der Waals surface area (Å²) < 4.78 is 7.47. The predicted molar refractivity (Wildman–Crippen MR) is 101 cm³/mol. The molecule has 7 nitrogen and oxygen atoms in total. The van der Waals surface area contributed by atoms with E-state index in [0.29, 0.717) is 13.0 Å². The van der Waals surface area contributed by atoms with E-state index in [0.717, 1.165) is 29.2 Å². The Balaban J connectivity index is 1.25. The van der Waals surface area contributed by atoms with E-state index in [2.05, 4.69) is 21.3 Å². The quantitative estimate of drug-likeness (QED) is 0.623. The van der Waals surface area contributed by atoms with Crippen molar-refractivity contribution in [2.45, 2.75) is 31.8 Å². The Kier molecular flexibility index (Phi) is 5.04. The van der Waals surface area contributed by atoms with Crippen LogP contribution in [0.5, 0.6) is 0 Å². The van der Waals surface area contributed by atoms with Gasteiger partial charge in [-0.15, -0.1) is 0 Å². The summed E-state index contributed by atoms with van der Waals surface area (Å²) in [7, 11) is 0. The van der Waals surface area contributed by atoms with E-state index in [-0.39, 0.29) is 18.0 Å². The third-order valence-electron chi connectivity index (χ3n) is 4.69. The molecule has 0 radical (unpaired) electrons. The highest BCUT2D eigenvalue weighted by molar-refractivity contribution is 5.82. The zero-order chi connectivity index (χ0) is 18.6. The van der Waals surface area contributed by atoms with Crippen molar-refractivity contribution in [2.75, 3.05) is 6.54 Å². The van der Waals surface area contributed by atoms with Crippen molar-refractivity contribution in [1.29, 1.82) is 0 Å². The molecule has 1 aliphatic heterocycles. The number of carbonyl (C=O) groups is 1. The minimum Gasteiger partial charge on any atom is -0.465 e. The van der Waals surface area contributed by atoms with Gasteiger partial charge >= 0.3 is 0 Å². The largest absolute Gasteiger partial charge is 0.465 e. The number of carbonyl (C=O) groups excluding carboxylic acids is 1. The Bertz CT molecular complexity index is 902. The van der Waals surface area contributed by atoms with Gasteiger partial charge in [0.25, 0.3) is 0 Å². The molecule has 1 saturated heterocycles. The van der Waals surface area contributed by atoms with E-state index in [1.807, 2.05) is 66.5 Å². The molecule has 2 unspecified atom stereocenters. The second-order valence-electron chi connectivity index (χ2n) is 6.75. The van der Waals surface area contributed by atoms with Gasteiger partial charge in [-0.2, -0.15) is 5.10 Å². The van der Waals surface area contributed by atoms with Gasteiger partial charge in [0.1, 0.15) is 17.6 Å². The van der Waals surface area contributed by atoms with Gasteiger partial charge in [-0.25, -0.2) is 15.5 Å². The summed E-state index contributed by atoms with van der Waals surface area (Å²) in [5.74, 6) is 1.71. The number of furan rings is 1. The maximum Gasteiger partial charge on any atom is 0.238 e. The van der Waals surface area contributed by atoms with Crippen LogP contribution in [0.2, 0.25) is 0 Å². The number of aromatic nitrogens is 2. The first-order valence-electron chi connectivity index (χ1n) is 9.13. The van der Waals surface area contributed by atoms with Crippen molar-refractivity contribution in [3.63, 3.8) is 0 Å². The van der Waals surface area contributed by atoms with Crippen LogP contribution in [0.1, 0.15) is 29.5 Å². The van der Waals surface area contributed by atoms with Gasteiger partial charge in [0.15, 0.2) is 0 Å². The summed E-state index contributed by atoms with van der Waals surface area (Å²) in [4.78, 5) is 12.4. The van der Waals surface area contributed by atoms with Gasteiger partial charge < -0.3 is 9.73 Å². The van der Waals surface area contributed by atoms with Crippen LogP contribution in [-0.2, 0) is 11.2 Å². The van der Waals surface area contributed by atoms with Crippen molar-refractivity contribution in [1.82, 2.24) is 25.9 Å². The van der Waals surface area contributed by atoms with E-state index < -0.39 is 0 Å². The Labute approximate surface area is 157 Å². The Hall–Kier alpha value is -2.90. The van der Waals surface area contributed by atoms with Crippen LogP contribution in [-0.4, -0.2) is 28.3 Å². The molecule has 1 amide bonds. The number of amides is 1. The minimum absolute atomic E-state index is 0.0104. The maximum atomic E-state index is 12.4. The topological polar surface area (TPSA) is 84.1 Å². The Morgan fingerprint density at radius 2 is 2.11 bits per heavy atom. The van der Waals surface area contributed by atoms with Gasteiger partial charge in [-0.1, -0.05) is 18.2 Å². The summed E-state index contributed by atoms with van der Waals surface area (Å²) in [5, 5.41) is 7.37. The molecule has 3 aromatic rings. The lowest BCUT2D eigenvalue weighted by Gasteiger charge is -2.09. The smallest absolute Gasteiger partial charge is 0.238 e. The number of hydrazine groups is 1. The Morgan fingerprint density at radius 1 is 1.26 bits per heavy atom. The van der Waals surface area contributed by atoms with Crippen molar-refractivity contribution in [3.8, 4) is 5.69 Å². The summed E-state index contributed by atoms with van der Waals surface area (Å²) in [5.41, 5.74) is 8.28. The molecule has 1 aromatic carbocycles. The predicted octanol–water partition coefficient (Wildman–Crippen LogP) is 2.04. The number of hydrogen-bond donors (Lipinski definition) is 3. The molecule has 7 heteroatoms. The number of rotatable bonds is 6. The highest BCUT2D eigenvalue weighted by Gasteiger charge is 2.31. The summed E-state index contributed by atoms with van der Waals surface area (Å²) in [6, 6.07) is 13.6. The first-order valence-corrected chi connectivity index (χ1v) is 9.13. The van der Waals surface area contributed by atoms with Gasteiger partial charge in [0.2, 0.25) is 5.91 Å². The van der Waals surface area contributed by atoms with E-state index >= 15 is 0 Å². The molecule has 3 N–H and O–H groups in total. The van der Waals surface area contributed by atoms with E-state index in [1.165, 1.54) is 0 Å². The minimum atomic E-state index is -0.271. The van der Waals surface area contributed by atoms with Crippen LogP contribution in [0.4, 0.5) is 0 Å². The molecule has 4 rings (SSSR count). The van der Waals surface area contributed by atoms with E-state index in [9.17, 15) is 4.79 Å². The average Bonchev–Trinajstić information content (AvgIpc) is 3.43. The molecule has 140 valence electrons. The van der Waals surface area contributed by atoms with Gasteiger partial charge in [-0.3, -0.25) is 4.79 Å². The summed E-state index contributed by atoms with van der Waals surface area (Å²) >= 11 is 0. The number of para-hydroxylation sites is 1. The third-order valence-corrected chi connectivity index (χ3v) is 4.69. The van der Waals surface area contributed by atoms with Crippen molar-refractivity contribution < 1.29 is 9.21 Å². The first-order chi connectivity index (χ1) is 13.2. The molecule has 1 fully saturated rings. The highest BCUT2D eigenvalue weighted by Crippen LogP contribution is 2.23. The average molecular weight is 365 g/mol. The van der Waals surface area contributed by atoms with Crippen molar-refractivity contribution >= 4 is 5.91 Å². The van der Waals surface area contributed by atoms with E-state index in [1.54, 1.807) is 0 Å². The summed E-state index contributed by atoms with van der Waals surface area (Å²) in [6.45, 7) is 2.48. The normalized spacial score (nSPS) is 19.3. The van der Waals surface area contributed by atoms with Crippen LogP contribution in [0, 0.1) is 6.92 Å². The standard InChI is InChI=1S/C20H23N5O2/c1-14-7-8-19(27-14)17-11-18(24-23-17)20(26)21-10-9-15-12-22-25(13-15)16-5-3-2-4-6-16/h2-8,12-13,17-18,23-24H,9-11H2,1H3,(H,21,26). The highest BCUT2D eigenvalue weighted by atomic mass is 16.3. The molecule has 0 spiro atoms. The molecule has 27 heavy (non-hydrogen) atoms. The lowest BCUT2D eigenvalue weighted by atomic mass is 10.1. The number of aryl methyl sites for hydroxylation is 1. The lowest BCUT2D eigenvalue weighted by molar-refractivity contribution is -0.122. The van der Waals surface area contributed by atoms with Crippen molar-refractivity contribution in [3.05, 3.63) is 71.9 Å². The number of hydrogen-bond acceptors (Lipinski definition) is 5. The zero-order valence-electron chi connectivity index (χ0n) is 15.2. The SMILES string of the molecule is Cc1ccc(C2CC(C(=O)NCCc3cnn(-c4ccccc4)c3)NN2)o1. The second kappa shape index (κ2) is 7.77. The van der Waals surface area contributed by atoms with E-state index in [4.69, 9.17) is 4.42 Å². The molecule has 0 bridgehead atoms. The molecule has 2 aromatic heterocycles. The molecule has 1 aliphatic rings. The Morgan fingerprint density at radius 3 is 2.89 bits per heavy atom. The molecule has 2 atom stereocenters. The second-order valence-corrected chi connectivity index (χ2v) is 6.75. The molecule has 0 aliphatic carbocycles. The van der Waals surface area contributed by atoms with Crippen LogP contribution < -0.4 is 16.2 Å². The molecule has 0 saturated carbocycles. The van der Waals surface area contributed by atoms with Crippen LogP contribution in [0.15, 0.2) is 59.3 Å². The first kappa shape index (κ1) is 17.5. The molecule has 3 heterocycles. The van der Waals surface area contributed by atoms with Gasteiger partial charge in [0, 0.05) is 12.7 Å². The van der Waals surface area contributed by atoms with Gasteiger partial charge in [-0.05, 0) is 49.6 Å². The number of nitrogens with one attached hydrogen (secondary N) is 3. The lowest BCUT2D eigenvalue weighted by Crippen LogP contribution is -2.43.